The van der Waals surface area contributed by atoms with Crippen molar-refractivity contribution in [1.82, 2.24) is 0 Å². The summed E-state index contributed by atoms with van der Waals surface area (Å²) >= 11 is 0. The third-order valence-corrected chi connectivity index (χ3v) is 3.13. The van der Waals surface area contributed by atoms with E-state index in [1.165, 1.54) is 19.1 Å². The number of carbonyl (C=O) groups excluding carboxylic acids is 2. The minimum Gasteiger partial charge on any atom is -0.507 e. The Morgan fingerprint density at radius 3 is 2.35 bits per heavy atom. The molecule has 0 heterocycles. The van der Waals surface area contributed by atoms with Gasteiger partial charge in [-0.25, -0.2) is 4.79 Å². The molecule has 0 spiro atoms. The van der Waals surface area contributed by atoms with Gasteiger partial charge in [0.2, 0.25) is 0 Å². The maximum absolute atomic E-state index is 12.0. The summed E-state index contributed by atoms with van der Waals surface area (Å²) in [5.41, 5.74) is 0.567. The molecular formula is C17H17NO5. The van der Waals surface area contributed by atoms with E-state index in [4.69, 9.17) is 9.47 Å². The number of rotatable bonds is 5. The molecule has 2 aromatic carbocycles. The van der Waals surface area contributed by atoms with E-state index in [9.17, 15) is 14.7 Å². The zero-order chi connectivity index (χ0) is 16.8. The van der Waals surface area contributed by atoms with Crippen LogP contribution in [0.5, 0.6) is 11.5 Å². The van der Waals surface area contributed by atoms with Crippen molar-refractivity contribution in [3.63, 3.8) is 0 Å². The van der Waals surface area contributed by atoms with Gasteiger partial charge in [0, 0.05) is 5.69 Å². The van der Waals surface area contributed by atoms with E-state index in [0.717, 1.165) is 0 Å². The summed E-state index contributed by atoms with van der Waals surface area (Å²) in [4.78, 5) is 24.0. The Morgan fingerprint density at radius 1 is 1.09 bits per heavy atom. The summed E-state index contributed by atoms with van der Waals surface area (Å²) in [6, 6.07) is 12.7. The molecular weight excluding hydrogens is 298 g/mol. The van der Waals surface area contributed by atoms with Gasteiger partial charge < -0.3 is 19.9 Å². The highest BCUT2D eigenvalue weighted by Crippen LogP contribution is 2.18. The molecule has 6 nitrogen and oxygen atoms in total. The number of aromatic hydroxyl groups is 1. The van der Waals surface area contributed by atoms with Crippen molar-refractivity contribution in [2.45, 2.75) is 13.0 Å². The first-order valence-corrected chi connectivity index (χ1v) is 6.95. The molecule has 2 N–H and O–H groups in total. The predicted octanol–water partition coefficient (Wildman–Crippen LogP) is 2.58. The highest BCUT2D eigenvalue weighted by atomic mass is 16.5. The zero-order valence-corrected chi connectivity index (χ0v) is 12.8. The number of esters is 1. The second-order valence-corrected chi connectivity index (χ2v) is 4.78. The SMILES string of the molecule is COc1ccc(NC(=O)C(C)OC(=O)c2ccccc2O)cc1. The Labute approximate surface area is 133 Å². The summed E-state index contributed by atoms with van der Waals surface area (Å²) in [6.45, 7) is 1.46. The van der Waals surface area contributed by atoms with Crippen molar-refractivity contribution in [3.05, 3.63) is 54.1 Å². The van der Waals surface area contributed by atoms with E-state index < -0.39 is 18.0 Å². The molecule has 0 aliphatic rings. The number of hydrogen-bond acceptors (Lipinski definition) is 5. The zero-order valence-electron chi connectivity index (χ0n) is 12.8. The molecule has 2 rings (SSSR count). The normalized spacial score (nSPS) is 11.4. The Hall–Kier alpha value is -3.02. The van der Waals surface area contributed by atoms with E-state index in [1.54, 1.807) is 43.5 Å². The quantitative estimate of drug-likeness (QED) is 0.828. The number of carbonyl (C=O) groups is 2. The van der Waals surface area contributed by atoms with Crippen LogP contribution in [0.3, 0.4) is 0 Å². The average Bonchev–Trinajstić information content (AvgIpc) is 2.55. The van der Waals surface area contributed by atoms with E-state index in [0.29, 0.717) is 11.4 Å². The first kappa shape index (κ1) is 16.4. The highest BCUT2D eigenvalue weighted by molar-refractivity contribution is 5.98. The summed E-state index contributed by atoms with van der Waals surface area (Å²) in [7, 11) is 1.55. The third-order valence-electron chi connectivity index (χ3n) is 3.13. The van der Waals surface area contributed by atoms with Crippen molar-refractivity contribution >= 4 is 17.6 Å². The van der Waals surface area contributed by atoms with Gasteiger partial charge in [0.25, 0.3) is 5.91 Å². The summed E-state index contributed by atoms with van der Waals surface area (Å²) in [5, 5.41) is 12.2. The van der Waals surface area contributed by atoms with Gasteiger partial charge in [-0.1, -0.05) is 12.1 Å². The molecule has 0 aromatic heterocycles. The molecule has 0 saturated carbocycles. The van der Waals surface area contributed by atoms with Crippen LogP contribution in [0.25, 0.3) is 0 Å². The Kier molecular flexibility index (Phi) is 5.19. The lowest BCUT2D eigenvalue weighted by molar-refractivity contribution is -0.123. The number of phenolic OH excluding ortho intramolecular Hbond substituents is 1. The van der Waals surface area contributed by atoms with Gasteiger partial charge in [-0.05, 0) is 43.3 Å². The Balaban J connectivity index is 1.96. The maximum atomic E-state index is 12.0. The molecule has 0 bridgehead atoms. The van der Waals surface area contributed by atoms with Crippen LogP contribution < -0.4 is 10.1 Å². The van der Waals surface area contributed by atoms with Gasteiger partial charge >= 0.3 is 5.97 Å². The summed E-state index contributed by atoms with van der Waals surface area (Å²) in [6.07, 6.45) is -1.01. The molecule has 0 radical (unpaired) electrons. The molecule has 6 heteroatoms. The number of amides is 1. The van der Waals surface area contributed by atoms with Crippen molar-refractivity contribution in [3.8, 4) is 11.5 Å². The first-order chi connectivity index (χ1) is 11.0. The van der Waals surface area contributed by atoms with Crippen LogP contribution in [0, 0.1) is 0 Å². The average molecular weight is 315 g/mol. The standard InChI is InChI=1S/C17H17NO5/c1-11(23-17(21)14-5-3-4-6-15(14)19)16(20)18-12-7-9-13(22-2)10-8-12/h3-11,19H,1-2H3,(H,18,20). The van der Waals surface area contributed by atoms with Crippen molar-refractivity contribution in [2.75, 3.05) is 12.4 Å². The smallest absolute Gasteiger partial charge is 0.342 e. The third kappa shape index (κ3) is 4.23. The number of nitrogens with one attached hydrogen (secondary N) is 1. The number of phenols is 1. The lowest BCUT2D eigenvalue weighted by Gasteiger charge is -2.14. The van der Waals surface area contributed by atoms with Gasteiger partial charge in [0.05, 0.1) is 7.11 Å². The molecule has 1 unspecified atom stereocenters. The number of para-hydroxylation sites is 1. The topological polar surface area (TPSA) is 84.9 Å². The number of benzene rings is 2. The van der Waals surface area contributed by atoms with Crippen LogP contribution in [0.2, 0.25) is 0 Å². The number of methoxy groups -OCH3 is 1. The fourth-order valence-corrected chi connectivity index (χ4v) is 1.84. The van der Waals surface area contributed by atoms with E-state index in [2.05, 4.69) is 5.32 Å². The van der Waals surface area contributed by atoms with E-state index in [-0.39, 0.29) is 11.3 Å². The molecule has 0 fully saturated rings. The van der Waals surface area contributed by atoms with E-state index in [1.807, 2.05) is 0 Å². The largest absolute Gasteiger partial charge is 0.507 e. The molecule has 0 saturated heterocycles. The molecule has 1 amide bonds. The lowest BCUT2D eigenvalue weighted by atomic mass is 10.2. The van der Waals surface area contributed by atoms with Crippen LogP contribution in [0.4, 0.5) is 5.69 Å². The van der Waals surface area contributed by atoms with Gasteiger partial charge in [-0.3, -0.25) is 4.79 Å². The van der Waals surface area contributed by atoms with Crippen LogP contribution in [-0.2, 0) is 9.53 Å². The van der Waals surface area contributed by atoms with Crippen molar-refractivity contribution in [2.24, 2.45) is 0 Å². The minimum absolute atomic E-state index is 0.0107. The number of hydrogen-bond donors (Lipinski definition) is 2. The Morgan fingerprint density at radius 2 is 1.74 bits per heavy atom. The first-order valence-electron chi connectivity index (χ1n) is 6.95. The van der Waals surface area contributed by atoms with Gasteiger partial charge in [-0.15, -0.1) is 0 Å². The second kappa shape index (κ2) is 7.31. The molecule has 23 heavy (non-hydrogen) atoms. The summed E-state index contributed by atoms with van der Waals surface area (Å²) < 4.78 is 10.1. The van der Waals surface area contributed by atoms with Crippen LogP contribution >= 0.6 is 0 Å². The van der Waals surface area contributed by atoms with Gasteiger partial charge in [0.1, 0.15) is 17.1 Å². The predicted molar refractivity (Wildman–Crippen MR) is 84.6 cm³/mol. The van der Waals surface area contributed by atoms with Crippen molar-refractivity contribution < 1.29 is 24.2 Å². The van der Waals surface area contributed by atoms with Crippen LogP contribution in [0.15, 0.2) is 48.5 Å². The van der Waals surface area contributed by atoms with Crippen LogP contribution in [-0.4, -0.2) is 30.2 Å². The van der Waals surface area contributed by atoms with E-state index >= 15 is 0 Å². The summed E-state index contributed by atoms with van der Waals surface area (Å²) in [5.74, 6) is -0.762. The number of anilines is 1. The minimum atomic E-state index is -1.01. The molecule has 0 aliphatic heterocycles. The molecule has 1 atom stereocenters. The fraction of sp³-hybridized carbons (Fsp3) is 0.176. The molecule has 2 aromatic rings. The Bertz CT molecular complexity index is 696. The molecule has 120 valence electrons. The van der Waals surface area contributed by atoms with Gasteiger partial charge in [0.15, 0.2) is 6.10 Å². The van der Waals surface area contributed by atoms with Crippen LogP contribution in [0.1, 0.15) is 17.3 Å². The monoisotopic (exact) mass is 315 g/mol. The number of ether oxygens (including phenoxy) is 2. The fourth-order valence-electron chi connectivity index (χ4n) is 1.84. The second-order valence-electron chi connectivity index (χ2n) is 4.78. The van der Waals surface area contributed by atoms with Gasteiger partial charge in [-0.2, -0.15) is 0 Å². The highest BCUT2D eigenvalue weighted by Gasteiger charge is 2.20. The molecule has 0 aliphatic carbocycles. The lowest BCUT2D eigenvalue weighted by Crippen LogP contribution is -2.30. The maximum Gasteiger partial charge on any atom is 0.342 e. The van der Waals surface area contributed by atoms with Crippen molar-refractivity contribution in [1.29, 1.82) is 0 Å².